The number of nitrogens with zero attached hydrogens (tertiary/aromatic N) is 1. The van der Waals surface area contributed by atoms with E-state index in [0.29, 0.717) is 23.7 Å². The fraction of sp³-hybridized carbons (Fsp3) is 0.933. The summed E-state index contributed by atoms with van der Waals surface area (Å²) in [6, 6.07) is 0.0740. The van der Waals surface area contributed by atoms with Crippen molar-refractivity contribution in [3.8, 4) is 0 Å². The summed E-state index contributed by atoms with van der Waals surface area (Å²) in [7, 11) is 0. The molecule has 106 valence electrons. The van der Waals surface area contributed by atoms with Crippen LogP contribution in [0.4, 0.5) is 0 Å². The van der Waals surface area contributed by atoms with Crippen molar-refractivity contribution in [2.45, 2.75) is 53.5 Å². The van der Waals surface area contributed by atoms with Gasteiger partial charge in [-0.1, -0.05) is 34.6 Å². The van der Waals surface area contributed by atoms with E-state index in [4.69, 9.17) is 0 Å². The van der Waals surface area contributed by atoms with Gasteiger partial charge in [0.25, 0.3) is 0 Å². The van der Waals surface area contributed by atoms with Crippen LogP contribution in [0.5, 0.6) is 0 Å². The van der Waals surface area contributed by atoms with E-state index >= 15 is 0 Å². The van der Waals surface area contributed by atoms with Gasteiger partial charge in [-0.05, 0) is 37.1 Å². The molecule has 1 unspecified atom stereocenters. The van der Waals surface area contributed by atoms with E-state index in [0.717, 1.165) is 32.5 Å². The zero-order chi connectivity index (χ0) is 13.7. The smallest absolute Gasteiger partial charge is 0.239 e. The molecule has 1 N–H and O–H groups in total. The van der Waals surface area contributed by atoms with Crippen LogP contribution >= 0.6 is 0 Å². The second kappa shape index (κ2) is 7.13. The van der Waals surface area contributed by atoms with Gasteiger partial charge in [0.15, 0.2) is 0 Å². The molecule has 1 aliphatic rings. The van der Waals surface area contributed by atoms with Crippen molar-refractivity contribution in [3.63, 3.8) is 0 Å². The average molecular weight is 254 g/mol. The summed E-state index contributed by atoms with van der Waals surface area (Å²) >= 11 is 0. The molecule has 3 nitrogen and oxygen atoms in total. The van der Waals surface area contributed by atoms with Crippen molar-refractivity contribution < 1.29 is 4.79 Å². The van der Waals surface area contributed by atoms with Gasteiger partial charge in [-0.15, -0.1) is 0 Å². The first-order valence-electron chi connectivity index (χ1n) is 7.49. The molecule has 1 heterocycles. The Balaban J connectivity index is 2.51. The standard InChI is InChI=1S/C15H30N2O/c1-6-8-16-14-7-9-17(15(14)18)10-13(11(2)3)12(4)5/h11-14,16H,6-10H2,1-5H3. The molecule has 1 atom stereocenters. The number of rotatable bonds is 7. The predicted octanol–water partition coefficient (Wildman–Crippen LogP) is 2.52. The second-order valence-corrected chi connectivity index (χ2v) is 6.23. The van der Waals surface area contributed by atoms with Crippen LogP contribution in [0.15, 0.2) is 0 Å². The summed E-state index contributed by atoms with van der Waals surface area (Å²) in [5.41, 5.74) is 0. The lowest BCUT2D eigenvalue weighted by Gasteiger charge is -2.30. The Hall–Kier alpha value is -0.570. The predicted molar refractivity (Wildman–Crippen MR) is 76.4 cm³/mol. The van der Waals surface area contributed by atoms with Crippen molar-refractivity contribution in [1.29, 1.82) is 0 Å². The third kappa shape index (κ3) is 3.98. The van der Waals surface area contributed by atoms with Crippen LogP contribution in [-0.2, 0) is 4.79 Å². The fourth-order valence-electron chi connectivity index (χ4n) is 2.87. The summed E-state index contributed by atoms with van der Waals surface area (Å²) in [5, 5.41) is 3.35. The van der Waals surface area contributed by atoms with Gasteiger partial charge in [0, 0.05) is 13.1 Å². The van der Waals surface area contributed by atoms with Crippen LogP contribution in [0, 0.1) is 17.8 Å². The number of nitrogens with one attached hydrogen (secondary N) is 1. The lowest BCUT2D eigenvalue weighted by atomic mass is 9.85. The van der Waals surface area contributed by atoms with Crippen LogP contribution in [0.1, 0.15) is 47.5 Å². The maximum Gasteiger partial charge on any atom is 0.239 e. The van der Waals surface area contributed by atoms with Crippen molar-refractivity contribution in [3.05, 3.63) is 0 Å². The highest BCUT2D eigenvalue weighted by Crippen LogP contribution is 2.24. The molecule has 1 rings (SSSR count). The van der Waals surface area contributed by atoms with E-state index in [-0.39, 0.29) is 6.04 Å². The van der Waals surface area contributed by atoms with E-state index in [1.165, 1.54) is 0 Å². The van der Waals surface area contributed by atoms with Crippen LogP contribution in [-0.4, -0.2) is 36.5 Å². The Morgan fingerprint density at radius 3 is 2.39 bits per heavy atom. The molecule has 0 aromatic rings. The zero-order valence-electron chi connectivity index (χ0n) is 12.7. The molecule has 18 heavy (non-hydrogen) atoms. The van der Waals surface area contributed by atoms with Gasteiger partial charge in [0.1, 0.15) is 0 Å². The van der Waals surface area contributed by atoms with Crippen molar-refractivity contribution >= 4 is 5.91 Å². The van der Waals surface area contributed by atoms with Gasteiger partial charge in [0.2, 0.25) is 5.91 Å². The van der Waals surface area contributed by atoms with Crippen molar-refractivity contribution in [2.75, 3.05) is 19.6 Å². The summed E-state index contributed by atoms with van der Waals surface area (Å²) in [6.07, 6.45) is 2.06. The molecule has 1 amide bonds. The van der Waals surface area contributed by atoms with Gasteiger partial charge < -0.3 is 10.2 Å². The van der Waals surface area contributed by atoms with Gasteiger partial charge in [-0.2, -0.15) is 0 Å². The Kier molecular flexibility index (Phi) is 6.13. The lowest BCUT2D eigenvalue weighted by molar-refractivity contribution is -0.130. The summed E-state index contributed by atoms with van der Waals surface area (Å²) in [4.78, 5) is 14.3. The SMILES string of the molecule is CCCNC1CCN(CC(C(C)C)C(C)C)C1=O. The maximum absolute atomic E-state index is 12.3. The van der Waals surface area contributed by atoms with Crippen molar-refractivity contribution in [2.24, 2.45) is 17.8 Å². The molecule has 3 heteroatoms. The number of hydrogen-bond donors (Lipinski definition) is 1. The van der Waals surface area contributed by atoms with Crippen LogP contribution in [0.3, 0.4) is 0 Å². The molecule has 0 spiro atoms. The van der Waals surface area contributed by atoms with Gasteiger partial charge >= 0.3 is 0 Å². The van der Waals surface area contributed by atoms with E-state index in [1.54, 1.807) is 0 Å². The molecule has 0 bridgehead atoms. The van der Waals surface area contributed by atoms with Crippen LogP contribution in [0.25, 0.3) is 0 Å². The van der Waals surface area contributed by atoms with Crippen LogP contribution in [0.2, 0.25) is 0 Å². The first-order valence-corrected chi connectivity index (χ1v) is 7.49. The number of amides is 1. The molecular formula is C15H30N2O. The molecule has 0 radical (unpaired) electrons. The summed E-state index contributed by atoms with van der Waals surface area (Å²) < 4.78 is 0. The molecule has 1 saturated heterocycles. The average Bonchev–Trinajstić information content (AvgIpc) is 2.64. The minimum Gasteiger partial charge on any atom is -0.341 e. The highest BCUT2D eigenvalue weighted by Gasteiger charge is 2.33. The largest absolute Gasteiger partial charge is 0.341 e. The normalized spacial score (nSPS) is 20.8. The monoisotopic (exact) mass is 254 g/mol. The molecule has 0 saturated carbocycles. The minimum absolute atomic E-state index is 0.0740. The molecule has 0 aromatic carbocycles. The molecule has 0 aliphatic carbocycles. The van der Waals surface area contributed by atoms with Gasteiger partial charge in [-0.25, -0.2) is 0 Å². The molecule has 0 aromatic heterocycles. The number of likely N-dealkylation sites (tertiary alicyclic amines) is 1. The van der Waals surface area contributed by atoms with Crippen molar-refractivity contribution in [1.82, 2.24) is 10.2 Å². The first-order chi connectivity index (χ1) is 8.47. The van der Waals surface area contributed by atoms with Gasteiger partial charge in [0.05, 0.1) is 6.04 Å². The highest BCUT2D eigenvalue weighted by molar-refractivity contribution is 5.83. The fourth-order valence-corrected chi connectivity index (χ4v) is 2.87. The summed E-state index contributed by atoms with van der Waals surface area (Å²) in [6.45, 7) is 14.0. The zero-order valence-corrected chi connectivity index (χ0v) is 12.7. The van der Waals surface area contributed by atoms with E-state index in [2.05, 4.69) is 44.8 Å². The lowest BCUT2D eigenvalue weighted by Crippen LogP contribution is -2.41. The summed E-state index contributed by atoms with van der Waals surface area (Å²) in [5.74, 6) is 2.20. The van der Waals surface area contributed by atoms with E-state index in [1.807, 2.05) is 0 Å². The number of carbonyl (C=O) groups is 1. The van der Waals surface area contributed by atoms with E-state index in [9.17, 15) is 4.79 Å². The van der Waals surface area contributed by atoms with Crippen LogP contribution < -0.4 is 5.32 Å². The van der Waals surface area contributed by atoms with Gasteiger partial charge in [-0.3, -0.25) is 4.79 Å². The second-order valence-electron chi connectivity index (χ2n) is 6.23. The maximum atomic E-state index is 12.3. The topological polar surface area (TPSA) is 32.3 Å². The number of carbonyl (C=O) groups excluding carboxylic acids is 1. The van der Waals surface area contributed by atoms with E-state index < -0.39 is 0 Å². The minimum atomic E-state index is 0.0740. The third-order valence-electron chi connectivity index (χ3n) is 4.08. The first kappa shape index (κ1) is 15.5. The number of hydrogen-bond acceptors (Lipinski definition) is 2. The highest BCUT2D eigenvalue weighted by atomic mass is 16.2. The third-order valence-corrected chi connectivity index (χ3v) is 4.08. The molecular weight excluding hydrogens is 224 g/mol. The Morgan fingerprint density at radius 1 is 1.28 bits per heavy atom. The molecule has 1 aliphatic heterocycles. The Bertz CT molecular complexity index is 255. The Morgan fingerprint density at radius 2 is 1.89 bits per heavy atom. The quantitative estimate of drug-likeness (QED) is 0.757. The molecule has 1 fully saturated rings. The Labute approximate surface area is 112 Å².